The standard InChI is InChI=1S/C13H22BrN3O/c1-5-16(4)7-6-15-13(18)12-8-11(14)9-17(12)10(2)3/h8-10H,5-7H2,1-4H3,(H,15,18). The molecule has 0 radical (unpaired) electrons. The van der Waals surface area contributed by atoms with Gasteiger partial charge in [-0.1, -0.05) is 6.92 Å². The van der Waals surface area contributed by atoms with Crippen LogP contribution in [0.5, 0.6) is 0 Å². The van der Waals surface area contributed by atoms with Crippen LogP contribution in [0.4, 0.5) is 0 Å². The maximum atomic E-state index is 12.1. The number of carbonyl (C=O) groups excluding carboxylic acids is 1. The SMILES string of the molecule is CCN(C)CCNC(=O)c1cc(Br)cn1C(C)C. The molecule has 0 saturated carbocycles. The summed E-state index contributed by atoms with van der Waals surface area (Å²) in [5.74, 6) is -0.0149. The minimum atomic E-state index is -0.0149. The van der Waals surface area contributed by atoms with Gasteiger partial charge in [0.05, 0.1) is 0 Å². The van der Waals surface area contributed by atoms with Crippen molar-refractivity contribution in [1.82, 2.24) is 14.8 Å². The van der Waals surface area contributed by atoms with Crippen molar-refractivity contribution in [1.29, 1.82) is 0 Å². The second-order valence-electron chi connectivity index (χ2n) is 4.70. The molecule has 1 heterocycles. The monoisotopic (exact) mass is 315 g/mol. The number of rotatable bonds is 6. The fraction of sp³-hybridized carbons (Fsp3) is 0.615. The van der Waals surface area contributed by atoms with Crippen molar-refractivity contribution >= 4 is 21.8 Å². The van der Waals surface area contributed by atoms with Crippen LogP contribution < -0.4 is 5.32 Å². The number of nitrogens with zero attached hydrogens (tertiary/aromatic N) is 2. The van der Waals surface area contributed by atoms with E-state index in [1.54, 1.807) is 0 Å². The van der Waals surface area contributed by atoms with Gasteiger partial charge in [-0.15, -0.1) is 0 Å². The Balaban J connectivity index is 2.61. The number of nitrogens with one attached hydrogen (secondary N) is 1. The Morgan fingerprint density at radius 3 is 2.78 bits per heavy atom. The van der Waals surface area contributed by atoms with Crippen LogP contribution in [0.15, 0.2) is 16.7 Å². The molecule has 102 valence electrons. The molecule has 0 aliphatic carbocycles. The van der Waals surface area contributed by atoms with Crippen molar-refractivity contribution in [2.75, 3.05) is 26.7 Å². The number of hydrogen-bond acceptors (Lipinski definition) is 2. The van der Waals surface area contributed by atoms with Crippen LogP contribution >= 0.6 is 15.9 Å². The van der Waals surface area contributed by atoms with Gasteiger partial charge in [0, 0.05) is 29.8 Å². The first-order valence-electron chi connectivity index (χ1n) is 6.29. The Morgan fingerprint density at radius 1 is 1.56 bits per heavy atom. The van der Waals surface area contributed by atoms with Crippen molar-refractivity contribution in [2.45, 2.75) is 26.8 Å². The number of amides is 1. The molecule has 1 aromatic rings. The van der Waals surface area contributed by atoms with Gasteiger partial charge in [0.1, 0.15) is 5.69 Å². The molecule has 0 spiro atoms. The van der Waals surface area contributed by atoms with E-state index in [9.17, 15) is 4.79 Å². The van der Waals surface area contributed by atoms with E-state index in [1.807, 2.05) is 23.9 Å². The molecule has 0 saturated heterocycles. The van der Waals surface area contributed by atoms with E-state index in [0.717, 1.165) is 17.6 Å². The van der Waals surface area contributed by atoms with Gasteiger partial charge in [-0.05, 0) is 49.4 Å². The molecule has 5 heteroatoms. The van der Waals surface area contributed by atoms with Crippen LogP contribution in [0.25, 0.3) is 0 Å². The maximum Gasteiger partial charge on any atom is 0.268 e. The second-order valence-corrected chi connectivity index (χ2v) is 5.61. The first-order valence-corrected chi connectivity index (χ1v) is 7.09. The van der Waals surface area contributed by atoms with Gasteiger partial charge in [0.25, 0.3) is 5.91 Å². The summed E-state index contributed by atoms with van der Waals surface area (Å²) in [6, 6.07) is 2.13. The minimum Gasteiger partial charge on any atom is -0.349 e. The lowest BCUT2D eigenvalue weighted by molar-refractivity contribution is 0.0939. The summed E-state index contributed by atoms with van der Waals surface area (Å²) < 4.78 is 2.91. The van der Waals surface area contributed by atoms with Crippen molar-refractivity contribution < 1.29 is 4.79 Å². The largest absolute Gasteiger partial charge is 0.349 e. The molecule has 0 aliphatic rings. The van der Waals surface area contributed by atoms with Crippen molar-refractivity contribution in [2.24, 2.45) is 0 Å². The highest BCUT2D eigenvalue weighted by Gasteiger charge is 2.14. The highest BCUT2D eigenvalue weighted by Crippen LogP contribution is 2.19. The first-order chi connectivity index (χ1) is 8.45. The molecule has 4 nitrogen and oxygen atoms in total. The molecule has 0 bridgehead atoms. The molecule has 0 unspecified atom stereocenters. The van der Waals surface area contributed by atoms with Crippen molar-refractivity contribution in [3.8, 4) is 0 Å². The Kier molecular flexibility index (Phi) is 5.88. The molecule has 0 atom stereocenters. The molecule has 0 aliphatic heterocycles. The first kappa shape index (κ1) is 15.2. The number of likely N-dealkylation sites (N-methyl/N-ethyl adjacent to an activating group) is 1. The van der Waals surface area contributed by atoms with Gasteiger partial charge in [-0.3, -0.25) is 4.79 Å². The average Bonchev–Trinajstić information content (AvgIpc) is 2.71. The van der Waals surface area contributed by atoms with Crippen LogP contribution in [0, 0.1) is 0 Å². The highest BCUT2D eigenvalue weighted by atomic mass is 79.9. The highest BCUT2D eigenvalue weighted by molar-refractivity contribution is 9.10. The van der Waals surface area contributed by atoms with E-state index in [0.29, 0.717) is 12.2 Å². The number of aromatic nitrogens is 1. The van der Waals surface area contributed by atoms with Crippen LogP contribution in [0.2, 0.25) is 0 Å². The molecule has 1 rings (SSSR count). The summed E-state index contributed by atoms with van der Waals surface area (Å²) in [5, 5.41) is 2.95. The predicted molar refractivity (Wildman–Crippen MR) is 78.0 cm³/mol. The van der Waals surface area contributed by atoms with Gasteiger partial charge < -0.3 is 14.8 Å². The van der Waals surface area contributed by atoms with E-state index in [2.05, 4.69) is 46.9 Å². The van der Waals surface area contributed by atoms with E-state index >= 15 is 0 Å². The third-order valence-corrected chi connectivity index (χ3v) is 3.36. The number of halogens is 1. The quantitative estimate of drug-likeness (QED) is 0.875. The Labute approximate surface area is 117 Å². The van der Waals surface area contributed by atoms with Crippen molar-refractivity contribution in [3.05, 3.63) is 22.4 Å². The second kappa shape index (κ2) is 6.95. The zero-order valence-corrected chi connectivity index (χ0v) is 13.1. The van der Waals surface area contributed by atoms with Gasteiger partial charge in [-0.2, -0.15) is 0 Å². The van der Waals surface area contributed by atoms with E-state index in [4.69, 9.17) is 0 Å². The summed E-state index contributed by atoms with van der Waals surface area (Å²) in [7, 11) is 2.04. The third kappa shape index (κ3) is 4.14. The summed E-state index contributed by atoms with van der Waals surface area (Å²) in [4.78, 5) is 14.2. The molecule has 1 aromatic heterocycles. The molecule has 0 fully saturated rings. The van der Waals surface area contributed by atoms with Crippen LogP contribution in [-0.2, 0) is 0 Å². The van der Waals surface area contributed by atoms with E-state index in [1.165, 1.54) is 0 Å². The smallest absolute Gasteiger partial charge is 0.268 e. The summed E-state index contributed by atoms with van der Waals surface area (Å²) in [5.41, 5.74) is 0.705. The predicted octanol–water partition coefficient (Wildman–Crippen LogP) is 2.51. The zero-order valence-electron chi connectivity index (χ0n) is 11.5. The lowest BCUT2D eigenvalue weighted by Crippen LogP contribution is -2.33. The normalized spacial score (nSPS) is 11.3. The third-order valence-electron chi connectivity index (χ3n) is 2.92. The minimum absolute atomic E-state index is 0.0149. The Morgan fingerprint density at radius 2 is 2.22 bits per heavy atom. The van der Waals surface area contributed by atoms with Crippen LogP contribution in [0.3, 0.4) is 0 Å². The summed E-state index contributed by atoms with van der Waals surface area (Å²) in [6.07, 6.45) is 1.94. The van der Waals surface area contributed by atoms with E-state index < -0.39 is 0 Å². The van der Waals surface area contributed by atoms with Crippen LogP contribution in [0.1, 0.15) is 37.3 Å². The summed E-state index contributed by atoms with van der Waals surface area (Å²) >= 11 is 3.41. The topological polar surface area (TPSA) is 37.3 Å². The van der Waals surface area contributed by atoms with Gasteiger partial charge in [-0.25, -0.2) is 0 Å². The molecule has 0 aromatic carbocycles. The van der Waals surface area contributed by atoms with Gasteiger partial charge in [0.2, 0.25) is 0 Å². The fourth-order valence-corrected chi connectivity index (χ4v) is 2.10. The molecular weight excluding hydrogens is 294 g/mol. The van der Waals surface area contributed by atoms with Crippen molar-refractivity contribution in [3.63, 3.8) is 0 Å². The molecular formula is C13H22BrN3O. The zero-order chi connectivity index (χ0) is 13.7. The fourth-order valence-electron chi connectivity index (χ4n) is 1.66. The average molecular weight is 316 g/mol. The number of hydrogen-bond donors (Lipinski definition) is 1. The lowest BCUT2D eigenvalue weighted by Gasteiger charge is -2.15. The summed E-state index contributed by atoms with van der Waals surface area (Å²) in [6.45, 7) is 8.75. The molecule has 1 N–H and O–H groups in total. The van der Waals surface area contributed by atoms with E-state index in [-0.39, 0.29) is 11.9 Å². The molecule has 1 amide bonds. The lowest BCUT2D eigenvalue weighted by atomic mass is 10.3. The number of carbonyl (C=O) groups is 1. The maximum absolute atomic E-state index is 12.1. The Bertz CT molecular complexity index is 401. The van der Waals surface area contributed by atoms with Gasteiger partial charge >= 0.3 is 0 Å². The van der Waals surface area contributed by atoms with Crippen LogP contribution in [-0.4, -0.2) is 42.1 Å². The molecule has 18 heavy (non-hydrogen) atoms. The Hall–Kier alpha value is -0.810. The van der Waals surface area contributed by atoms with Gasteiger partial charge in [0.15, 0.2) is 0 Å².